The summed E-state index contributed by atoms with van der Waals surface area (Å²) in [4.78, 5) is 27.4. The average Bonchev–Trinajstić information content (AvgIpc) is 2.79. The number of ether oxygens (including phenoxy) is 1. The molecular formula is C22H23N5O2. The molecule has 29 heavy (non-hydrogen) atoms. The molecule has 2 aromatic heterocycles. The summed E-state index contributed by atoms with van der Waals surface area (Å²) in [7, 11) is 1.67. The van der Waals surface area contributed by atoms with Gasteiger partial charge in [0, 0.05) is 31.0 Å². The second-order valence-corrected chi connectivity index (χ2v) is 6.89. The average molecular weight is 389 g/mol. The highest BCUT2D eigenvalue weighted by Gasteiger charge is 2.25. The number of fused-ring (bicyclic) bond motifs is 1. The number of nitrogens with one attached hydrogen (secondary N) is 1. The Labute approximate surface area is 169 Å². The summed E-state index contributed by atoms with van der Waals surface area (Å²) in [6.45, 7) is 1.88. The lowest BCUT2D eigenvalue weighted by Gasteiger charge is -2.29. The quantitative estimate of drug-likeness (QED) is 0.698. The van der Waals surface area contributed by atoms with Crippen LogP contribution in [0.3, 0.4) is 0 Å². The number of pyridine rings is 1. The van der Waals surface area contributed by atoms with Crippen LogP contribution < -0.4 is 10.1 Å². The van der Waals surface area contributed by atoms with E-state index in [0.29, 0.717) is 18.7 Å². The summed E-state index contributed by atoms with van der Waals surface area (Å²) < 4.78 is 5.28. The Morgan fingerprint density at radius 2 is 2.17 bits per heavy atom. The molecule has 1 N–H and O–H groups in total. The van der Waals surface area contributed by atoms with Crippen molar-refractivity contribution in [2.75, 3.05) is 25.5 Å². The summed E-state index contributed by atoms with van der Waals surface area (Å²) in [6, 6.07) is 11.6. The number of hydrogen-bond acceptors (Lipinski definition) is 6. The van der Waals surface area contributed by atoms with Gasteiger partial charge in [-0.3, -0.25) is 9.78 Å². The van der Waals surface area contributed by atoms with Crippen LogP contribution in [0.25, 0.3) is 0 Å². The van der Waals surface area contributed by atoms with Gasteiger partial charge >= 0.3 is 0 Å². The molecule has 0 radical (unpaired) electrons. The van der Waals surface area contributed by atoms with E-state index in [1.807, 2.05) is 23.1 Å². The highest BCUT2D eigenvalue weighted by Crippen LogP contribution is 2.24. The molecule has 0 fully saturated rings. The Bertz CT molecular complexity index is 994. The maximum atomic E-state index is 12.7. The number of anilines is 1. The maximum Gasteiger partial charge on any atom is 0.255 e. The molecule has 1 aliphatic heterocycles. The van der Waals surface area contributed by atoms with Crippen molar-refractivity contribution in [3.63, 3.8) is 0 Å². The minimum atomic E-state index is -0.0186. The van der Waals surface area contributed by atoms with Crippen molar-refractivity contribution in [2.24, 2.45) is 0 Å². The molecule has 0 aliphatic carbocycles. The fraction of sp³-hybridized carbons (Fsp3) is 0.273. The Morgan fingerprint density at radius 1 is 1.24 bits per heavy atom. The molecule has 1 amide bonds. The molecule has 1 aromatic carbocycles. The molecule has 0 atom stereocenters. The van der Waals surface area contributed by atoms with Gasteiger partial charge in [0.25, 0.3) is 5.91 Å². The molecular weight excluding hydrogens is 366 g/mol. The first-order valence-corrected chi connectivity index (χ1v) is 9.63. The van der Waals surface area contributed by atoms with Crippen LogP contribution >= 0.6 is 0 Å². The Morgan fingerprint density at radius 3 is 3.00 bits per heavy atom. The van der Waals surface area contributed by atoms with Crippen LogP contribution in [0.1, 0.15) is 27.2 Å². The van der Waals surface area contributed by atoms with Crippen LogP contribution in [0.5, 0.6) is 5.75 Å². The molecule has 0 bridgehead atoms. The zero-order chi connectivity index (χ0) is 20.1. The summed E-state index contributed by atoms with van der Waals surface area (Å²) in [5, 5.41) is 3.43. The second-order valence-electron chi connectivity index (χ2n) is 6.89. The molecule has 4 rings (SSSR count). The lowest BCUT2D eigenvalue weighted by Crippen LogP contribution is -2.37. The van der Waals surface area contributed by atoms with Crippen molar-refractivity contribution < 1.29 is 9.53 Å². The topological polar surface area (TPSA) is 80.2 Å². The van der Waals surface area contributed by atoms with Gasteiger partial charge < -0.3 is 15.0 Å². The van der Waals surface area contributed by atoms with Crippen molar-refractivity contribution in [1.29, 1.82) is 0 Å². The van der Waals surface area contributed by atoms with Gasteiger partial charge in [0.15, 0.2) is 0 Å². The zero-order valence-electron chi connectivity index (χ0n) is 16.3. The summed E-state index contributed by atoms with van der Waals surface area (Å²) >= 11 is 0. The van der Waals surface area contributed by atoms with E-state index < -0.39 is 0 Å². The summed E-state index contributed by atoms with van der Waals surface area (Å²) in [6.07, 6.45) is 6.42. The fourth-order valence-electron chi connectivity index (χ4n) is 3.51. The van der Waals surface area contributed by atoms with E-state index in [4.69, 9.17) is 4.74 Å². The number of rotatable bonds is 6. The first-order chi connectivity index (χ1) is 14.2. The number of aromatic nitrogens is 3. The third-order valence-electron chi connectivity index (χ3n) is 5.04. The molecule has 1 aliphatic rings. The lowest BCUT2D eigenvalue weighted by molar-refractivity contribution is 0.0731. The number of methoxy groups -OCH3 is 1. The van der Waals surface area contributed by atoms with Crippen LogP contribution in [-0.2, 0) is 19.4 Å². The molecule has 148 valence electrons. The minimum absolute atomic E-state index is 0.0186. The van der Waals surface area contributed by atoms with Crippen LogP contribution in [0.2, 0.25) is 0 Å². The minimum Gasteiger partial charge on any atom is -0.497 e. The maximum absolute atomic E-state index is 12.7. The molecule has 7 nitrogen and oxygen atoms in total. The van der Waals surface area contributed by atoms with Gasteiger partial charge in [0.2, 0.25) is 0 Å². The molecule has 7 heteroatoms. The molecule has 0 saturated carbocycles. The zero-order valence-corrected chi connectivity index (χ0v) is 16.3. The van der Waals surface area contributed by atoms with Crippen molar-refractivity contribution >= 4 is 11.7 Å². The van der Waals surface area contributed by atoms with E-state index in [9.17, 15) is 4.79 Å². The Hall–Kier alpha value is -3.48. The number of carbonyl (C=O) groups is 1. The predicted octanol–water partition coefficient (Wildman–Crippen LogP) is 2.73. The second kappa shape index (κ2) is 8.68. The van der Waals surface area contributed by atoms with Gasteiger partial charge in [-0.2, -0.15) is 0 Å². The number of hydrogen-bond donors (Lipinski definition) is 1. The summed E-state index contributed by atoms with van der Waals surface area (Å²) in [5.74, 6) is 1.70. The smallest absolute Gasteiger partial charge is 0.255 e. The van der Waals surface area contributed by atoms with Gasteiger partial charge in [0.1, 0.15) is 17.9 Å². The van der Waals surface area contributed by atoms with E-state index in [2.05, 4.69) is 26.3 Å². The molecule has 0 unspecified atom stereocenters. The van der Waals surface area contributed by atoms with E-state index in [1.165, 1.54) is 5.56 Å². The molecule has 0 saturated heterocycles. The lowest BCUT2D eigenvalue weighted by atomic mass is 10.0. The molecule has 3 heterocycles. The largest absolute Gasteiger partial charge is 0.497 e. The highest BCUT2D eigenvalue weighted by atomic mass is 16.5. The number of amides is 1. The van der Waals surface area contributed by atoms with Gasteiger partial charge in [-0.15, -0.1) is 0 Å². The van der Waals surface area contributed by atoms with Crippen molar-refractivity contribution in [2.45, 2.75) is 19.4 Å². The number of carbonyl (C=O) groups excluding carboxylic acids is 1. The molecule has 3 aromatic rings. The standard InChI is InChI=1S/C22H23N5O2/c1-29-18-6-2-4-16(12-18)7-10-24-21-19-8-11-27(14-20(19)25-15-26-21)22(28)17-5-3-9-23-13-17/h2-6,9,12-13,15H,7-8,10-11,14H2,1H3,(H,24,25,26). The number of nitrogens with zero attached hydrogens (tertiary/aromatic N) is 4. The van der Waals surface area contributed by atoms with Gasteiger partial charge in [-0.1, -0.05) is 12.1 Å². The normalized spacial score (nSPS) is 12.9. The van der Waals surface area contributed by atoms with Crippen LogP contribution in [0.4, 0.5) is 5.82 Å². The Kier molecular flexibility index (Phi) is 5.65. The van der Waals surface area contributed by atoms with E-state index in [0.717, 1.165) is 42.2 Å². The third-order valence-corrected chi connectivity index (χ3v) is 5.04. The first kappa shape index (κ1) is 18.9. The molecule has 0 spiro atoms. The van der Waals surface area contributed by atoms with Crippen molar-refractivity contribution in [1.82, 2.24) is 19.9 Å². The van der Waals surface area contributed by atoms with Gasteiger partial charge in [0.05, 0.1) is 24.9 Å². The van der Waals surface area contributed by atoms with Gasteiger partial charge in [-0.25, -0.2) is 9.97 Å². The van der Waals surface area contributed by atoms with E-state index in [1.54, 1.807) is 38.0 Å². The monoisotopic (exact) mass is 389 g/mol. The summed E-state index contributed by atoms with van der Waals surface area (Å²) in [5.41, 5.74) is 3.79. The third kappa shape index (κ3) is 4.34. The SMILES string of the molecule is COc1cccc(CCNc2ncnc3c2CCN(C(=O)c2cccnc2)C3)c1. The van der Waals surface area contributed by atoms with Crippen LogP contribution in [-0.4, -0.2) is 46.0 Å². The van der Waals surface area contributed by atoms with E-state index >= 15 is 0 Å². The first-order valence-electron chi connectivity index (χ1n) is 9.63. The predicted molar refractivity (Wildman–Crippen MR) is 110 cm³/mol. The van der Waals surface area contributed by atoms with Gasteiger partial charge in [-0.05, 0) is 42.7 Å². The Balaban J connectivity index is 1.41. The van der Waals surface area contributed by atoms with E-state index in [-0.39, 0.29) is 5.91 Å². The van der Waals surface area contributed by atoms with Crippen LogP contribution in [0, 0.1) is 0 Å². The fourth-order valence-corrected chi connectivity index (χ4v) is 3.51. The van der Waals surface area contributed by atoms with Crippen LogP contribution in [0.15, 0.2) is 55.1 Å². The van der Waals surface area contributed by atoms with Crippen molar-refractivity contribution in [3.8, 4) is 5.75 Å². The highest BCUT2D eigenvalue weighted by molar-refractivity contribution is 5.94. The van der Waals surface area contributed by atoms with Crippen molar-refractivity contribution in [3.05, 3.63) is 77.5 Å². The number of benzene rings is 1.